The highest BCUT2D eigenvalue weighted by Crippen LogP contribution is 2.32. The van der Waals surface area contributed by atoms with Crippen LogP contribution in [0.5, 0.6) is 11.5 Å². The Morgan fingerprint density at radius 2 is 1.85 bits per heavy atom. The van der Waals surface area contributed by atoms with Crippen molar-refractivity contribution in [1.29, 1.82) is 0 Å². The number of hydrogen-bond acceptors (Lipinski definition) is 4. The Hall–Kier alpha value is -1.73. The highest BCUT2D eigenvalue weighted by molar-refractivity contribution is 9.10. The zero-order valence-electron chi connectivity index (χ0n) is 9.88. The highest BCUT2D eigenvalue weighted by Gasteiger charge is 2.12. The maximum Gasteiger partial charge on any atom is 0.274 e. The number of benzene rings is 2. The predicted octanol–water partition coefficient (Wildman–Crippen LogP) is 4.72. The average molecular weight is 401 g/mol. The third-order valence-electron chi connectivity index (χ3n) is 2.40. The molecular formula is C13H7Br2NO4. The second-order valence-corrected chi connectivity index (χ2v) is 5.64. The smallest absolute Gasteiger partial charge is 0.274 e. The molecule has 0 spiro atoms. The average Bonchev–Trinajstić information content (AvgIpc) is 2.38. The van der Waals surface area contributed by atoms with Gasteiger partial charge in [-0.2, -0.15) is 0 Å². The fraction of sp³-hybridized carbons (Fsp3) is 0. The van der Waals surface area contributed by atoms with Crippen LogP contribution in [-0.4, -0.2) is 11.2 Å². The Balaban J connectivity index is 2.41. The lowest BCUT2D eigenvalue weighted by Gasteiger charge is -2.08. The number of halogens is 2. The number of non-ortho nitro benzene ring substituents is 1. The van der Waals surface area contributed by atoms with E-state index in [2.05, 4.69) is 31.9 Å². The van der Waals surface area contributed by atoms with E-state index in [1.54, 1.807) is 24.3 Å². The van der Waals surface area contributed by atoms with Crippen molar-refractivity contribution in [2.75, 3.05) is 0 Å². The molecule has 2 aromatic carbocycles. The Morgan fingerprint density at radius 1 is 1.10 bits per heavy atom. The van der Waals surface area contributed by atoms with Crippen molar-refractivity contribution in [3.63, 3.8) is 0 Å². The molecule has 0 aliphatic rings. The molecule has 7 heteroatoms. The first-order valence-corrected chi connectivity index (χ1v) is 6.96. The van der Waals surface area contributed by atoms with Crippen LogP contribution in [0.15, 0.2) is 45.3 Å². The van der Waals surface area contributed by atoms with E-state index < -0.39 is 4.92 Å². The molecule has 0 unspecified atom stereocenters. The van der Waals surface area contributed by atoms with Crippen LogP contribution in [0.25, 0.3) is 0 Å². The van der Waals surface area contributed by atoms with Gasteiger partial charge in [-0.05, 0) is 24.3 Å². The summed E-state index contributed by atoms with van der Waals surface area (Å²) in [6, 6.07) is 9.17. The molecule has 0 radical (unpaired) electrons. The van der Waals surface area contributed by atoms with Gasteiger partial charge in [-0.3, -0.25) is 14.9 Å². The molecule has 0 aromatic heterocycles. The summed E-state index contributed by atoms with van der Waals surface area (Å²) in [5.74, 6) is 0.592. The van der Waals surface area contributed by atoms with Crippen LogP contribution in [0.1, 0.15) is 10.4 Å². The molecule has 0 saturated heterocycles. The summed E-state index contributed by atoms with van der Waals surface area (Å²) in [5, 5.41) is 10.8. The van der Waals surface area contributed by atoms with Crippen molar-refractivity contribution < 1.29 is 14.5 Å². The number of aldehydes is 1. The third-order valence-corrected chi connectivity index (χ3v) is 3.35. The minimum absolute atomic E-state index is 0.1000. The second-order valence-electron chi connectivity index (χ2n) is 3.80. The van der Waals surface area contributed by atoms with Gasteiger partial charge in [-0.25, -0.2) is 0 Å². The number of hydrogen-bond donors (Lipinski definition) is 0. The Kier molecular flexibility index (Phi) is 4.51. The summed E-state index contributed by atoms with van der Waals surface area (Å²) in [7, 11) is 0. The van der Waals surface area contributed by atoms with Crippen LogP contribution in [0.2, 0.25) is 0 Å². The number of carbonyl (C=O) groups is 1. The number of nitro groups is 1. The van der Waals surface area contributed by atoms with E-state index in [-0.39, 0.29) is 11.4 Å². The summed E-state index contributed by atoms with van der Waals surface area (Å²) >= 11 is 6.46. The van der Waals surface area contributed by atoms with Crippen LogP contribution in [0.4, 0.5) is 5.69 Å². The molecule has 0 amide bonds. The number of ether oxygens (including phenoxy) is 1. The summed E-state index contributed by atoms with van der Waals surface area (Å²) in [5.41, 5.74) is 0.257. The van der Waals surface area contributed by atoms with E-state index in [0.29, 0.717) is 22.1 Å². The topological polar surface area (TPSA) is 69.4 Å². The van der Waals surface area contributed by atoms with Crippen molar-refractivity contribution in [2.45, 2.75) is 0 Å². The first-order valence-electron chi connectivity index (χ1n) is 5.37. The summed E-state index contributed by atoms with van der Waals surface area (Å²) in [4.78, 5) is 21.2. The monoisotopic (exact) mass is 399 g/mol. The first kappa shape index (κ1) is 14.7. The largest absolute Gasteiger partial charge is 0.456 e. The highest BCUT2D eigenvalue weighted by atomic mass is 79.9. The number of rotatable bonds is 4. The van der Waals surface area contributed by atoms with Crippen molar-refractivity contribution in [3.8, 4) is 11.5 Å². The summed E-state index contributed by atoms with van der Waals surface area (Å²) in [6.07, 6.45) is 0.661. The van der Waals surface area contributed by atoms with Crippen molar-refractivity contribution in [2.24, 2.45) is 0 Å². The Bertz CT molecular complexity index is 688. The van der Waals surface area contributed by atoms with Gasteiger partial charge in [0.1, 0.15) is 11.5 Å². The normalized spacial score (nSPS) is 10.1. The zero-order chi connectivity index (χ0) is 14.7. The molecule has 0 saturated carbocycles. The van der Waals surface area contributed by atoms with Gasteiger partial charge in [0.2, 0.25) is 0 Å². The molecule has 20 heavy (non-hydrogen) atoms. The number of nitrogens with zero attached hydrogens (tertiary/aromatic N) is 1. The summed E-state index contributed by atoms with van der Waals surface area (Å²) < 4.78 is 6.81. The first-order chi connectivity index (χ1) is 9.49. The molecule has 0 atom stereocenters. The van der Waals surface area contributed by atoms with Crippen LogP contribution in [0, 0.1) is 10.1 Å². The molecule has 2 rings (SSSR count). The van der Waals surface area contributed by atoms with E-state index >= 15 is 0 Å². The van der Waals surface area contributed by atoms with E-state index in [0.717, 1.165) is 4.47 Å². The van der Waals surface area contributed by atoms with Crippen LogP contribution < -0.4 is 4.74 Å². The van der Waals surface area contributed by atoms with Gasteiger partial charge in [0, 0.05) is 15.0 Å². The van der Waals surface area contributed by atoms with Gasteiger partial charge in [0.05, 0.1) is 16.6 Å². The van der Waals surface area contributed by atoms with Gasteiger partial charge in [-0.1, -0.05) is 31.9 Å². The Labute approximate surface area is 131 Å². The molecule has 2 aromatic rings. The maximum atomic E-state index is 11.0. The molecule has 5 nitrogen and oxygen atoms in total. The van der Waals surface area contributed by atoms with E-state index in [9.17, 15) is 14.9 Å². The van der Waals surface area contributed by atoms with Gasteiger partial charge in [0.25, 0.3) is 5.69 Å². The summed E-state index contributed by atoms with van der Waals surface area (Å²) in [6.45, 7) is 0. The van der Waals surface area contributed by atoms with Crippen molar-refractivity contribution >= 4 is 43.8 Å². The molecule has 0 heterocycles. The van der Waals surface area contributed by atoms with Gasteiger partial charge in [0.15, 0.2) is 6.29 Å². The fourth-order valence-electron chi connectivity index (χ4n) is 1.53. The van der Waals surface area contributed by atoms with Crippen LogP contribution >= 0.6 is 31.9 Å². The molecule has 0 fully saturated rings. The molecule has 0 bridgehead atoms. The molecule has 102 valence electrons. The number of carbonyl (C=O) groups excluding carboxylic acids is 1. The Morgan fingerprint density at radius 3 is 2.50 bits per heavy atom. The zero-order valence-corrected chi connectivity index (χ0v) is 13.0. The fourth-order valence-corrected chi connectivity index (χ4v) is 2.33. The van der Waals surface area contributed by atoms with Gasteiger partial charge >= 0.3 is 0 Å². The third kappa shape index (κ3) is 3.43. The lowest BCUT2D eigenvalue weighted by Crippen LogP contribution is -1.93. The lowest BCUT2D eigenvalue weighted by molar-refractivity contribution is -0.385. The minimum Gasteiger partial charge on any atom is -0.456 e. The van der Waals surface area contributed by atoms with Crippen LogP contribution in [0.3, 0.4) is 0 Å². The minimum atomic E-state index is -0.515. The van der Waals surface area contributed by atoms with Crippen LogP contribution in [-0.2, 0) is 0 Å². The predicted molar refractivity (Wildman–Crippen MR) is 80.4 cm³/mol. The lowest BCUT2D eigenvalue weighted by atomic mass is 10.2. The van der Waals surface area contributed by atoms with E-state index in [1.807, 2.05) is 0 Å². The van der Waals surface area contributed by atoms with Gasteiger partial charge in [-0.15, -0.1) is 0 Å². The molecule has 0 aliphatic heterocycles. The molecular weight excluding hydrogens is 394 g/mol. The number of nitro benzene ring substituents is 1. The SMILES string of the molecule is O=Cc1ccc(Br)cc1Oc1cc(Br)cc([N+](=O)[O-])c1. The van der Waals surface area contributed by atoms with Crippen molar-refractivity contribution in [1.82, 2.24) is 0 Å². The standard InChI is InChI=1S/C13H7Br2NO4/c14-9-2-1-8(7-17)13(5-9)20-12-4-10(15)3-11(6-12)16(18)19/h1-7H. The van der Waals surface area contributed by atoms with Gasteiger partial charge < -0.3 is 4.74 Å². The maximum absolute atomic E-state index is 11.0. The second kappa shape index (κ2) is 6.15. The van der Waals surface area contributed by atoms with E-state index in [1.165, 1.54) is 12.1 Å². The van der Waals surface area contributed by atoms with Crippen molar-refractivity contribution in [3.05, 3.63) is 61.0 Å². The van der Waals surface area contributed by atoms with E-state index in [4.69, 9.17) is 4.74 Å². The quantitative estimate of drug-likeness (QED) is 0.422. The molecule has 0 aliphatic carbocycles. The molecule has 0 N–H and O–H groups in total.